The number of anilines is 1. The van der Waals surface area contributed by atoms with Gasteiger partial charge in [-0.25, -0.2) is 4.39 Å². The molecule has 0 N–H and O–H groups in total. The number of rotatable bonds is 5. The molecule has 1 aromatic carbocycles. The number of amides is 1. The molecule has 2 aromatic heterocycles. The van der Waals surface area contributed by atoms with E-state index in [1.54, 1.807) is 18.2 Å². The van der Waals surface area contributed by atoms with Crippen LogP contribution in [0.2, 0.25) is 0 Å². The summed E-state index contributed by atoms with van der Waals surface area (Å²) >= 11 is 0. The van der Waals surface area contributed by atoms with Crippen LogP contribution in [0.15, 0.2) is 36.4 Å². The number of hydrogen-bond acceptors (Lipinski definition) is 5. The first-order valence-corrected chi connectivity index (χ1v) is 10.9. The van der Waals surface area contributed by atoms with Gasteiger partial charge in [0.2, 0.25) is 5.91 Å². The fraction of sp³-hybridized carbons (Fsp3) is 0.455. The maximum Gasteiger partial charge on any atom is 0.453 e. The van der Waals surface area contributed by atoms with Crippen molar-refractivity contribution in [1.82, 2.24) is 24.7 Å². The highest BCUT2D eigenvalue weighted by molar-refractivity contribution is 5.80. The van der Waals surface area contributed by atoms with Gasteiger partial charge in [-0.05, 0) is 55.5 Å². The average Bonchev–Trinajstić information content (AvgIpc) is 3.55. The van der Waals surface area contributed by atoms with Gasteiger partial charge < -0.3 is 9.80 Å². The summed E-state index contributed by atoms with van der Waals surface area (Å²) in [7, 11) is 0. The smallest absolute Gasteiger partial charge is 0.355 e. The number of nitrogens with zero attached hydrogens (tertiary/aromatic N) is 6. The highest BCUT2D eigenvalue weighted by atomic mass is 19.4. The number of hydrogen-bond donors (Lipinski definition) is 0. The molecular formula is C22H22F4N6O. The van der Waals surface area contributed by atoms with Gasteiger partial charge in [0.05, 0.1) is 0 Å². The van der Waals surface area contributed by atoms with Crippen molar-refractivity contribution in [2.24, 2.45) is 5.92 Å². The first kappa shape index (κ1) is 21.6. The molecule has 0 atom stereocenters. The lowest BCUT2D eigenvalue weighted by Crippen LogP contribution is -2.43. The standard InChI is InChI=1S/C22H22F4N6O/c23-16-3-1-14(2-4-16)13-31(17-5-6-17)20(33)15-9-11-30(12-10-15)19-8-7-18-27-28-21(22(24,25)26)32(18)29-19/h1-4,7-8,15,17H,5-6,9-13H2. The van der Waals surface area contributed by atoms with Gasteiger partial charge in [0.25, 0.3) is 5.82 Å². The number of aromatic nitrogens is 4. The SMILES string of the molecule is O=C(C1CCN(c2ccc3nnc(C(F)(F)F)n3n2)CC1)N(Cc1ccc(F)cc1)C1CC1. The zero-order chi connectivity index (χ0) is 23.2. The molecule has 3 heterocycles. The lowest BCUT2D eigenvalue weighted by Gasteiger charge is -2.35. The summed E-state index contributed by atoms with van der Waals surface area (Å²) in [4.78, 5) is 17.0. The number of halogens is 4. The Labute approximate surface area is 187 Å². The summed E-state index contributed by atoms with van der Waals surface area (Å²) in [6.45, 7) is 1.47. The Morgan fingerprint density at radius 3 is 2.33 bits per heavy atom. The molecule has 0 spiro atoms. The van der Waals surface area contributed by atoms with Gasteiger partial charge >= 0.3 is 6.18 Å². The molecule has 1 saturated heterocycles. The van der Waals surface area contributed by atoms with E-state index in [0.29, 0.717) is 42.8 Å². The summed E-state index contributed by atoms with van der Waals surface area (Å²) in [5.41, 5.74) is 0.915. The first-order valence-electron chi connectivity index (χ1n) is 10.9. The first-order chi connectivity index (χ1) is 15.8. The van der Waals surface area contributed by atoms with Gasteiger partial charge in [-0.3, -0.25) is 4.79 Å². The maximum absolute atomic E-state index is 13.3. The highest BCUT2D eigenvalue weighted by Gasteiger charge is 2.39. The minimum Gasteiger partial charge on any atom is -0.355 e. The fourth-order valence-electron chi connectivity index (χ4n) is 4.27. The molecule has 2 aliphatic rings. The second-order valence-electron chi connectivity index (χ2n) is 8.57. The van der Waals surface area contributed by atoms with Crippen molar-refractivity contribution >= 4 is 17.4 Å². The molecule has 1 amide bonds. The molecular weight excluding hydrogens is 440 g/mol. The minimum absolute atomic E-state index is 0.0250. The molecule has 3 aromatic rings. The third kappa shape index (κ3) is 4.49. The molecule has 1 aliphatic carbocycles. The van der Waals surface area contributed by atoms with E-state index in [-0.39, 0.29) is 29.3 Å². The van der Waals surface area contributed by atoms with Gasteiger partial charge in [0, 0.05) is 31.6 Å². The Morgan fingerprint density at radius 1 is 1.00 bits per heavy atom. The Bertz CT molecular complexity index is 1150. The molecule has 0 unspecified atom stereocenters. The predicted octanol–water partition coefficient (Wildman–Crippen LogP) is 3.69. The largest absolute Gasteiger partial charge is 0.453 e. The molecule has 174 valence electrons. The van der Waals surface area contributed by atoms with Crippen LogP contribution in [0.1, 0.15) is 37.1 Å². The van der Waals surface area contributed by atoms with Crippen molar-refractivity contribution in [3.8, 4) is 0 Å². The normalized spacial score (nSPS) is 17.5. The predicted molar refractivity (Wildman–Crippen MR) is 111 cm³/mol. The summed E-state index contributed by atoms with van der Waals surface area (Å²) < 4.78 is 53.4. The van der Waals surface area contributed by atoms with Crippen molar-refractivity contribution in [3.63, 3.8) is 0 Å². The number of fused-ring (bicyclic) bond motifs is 1. The van der Waals surface area contributed by atoms with Gasteiger partial charge in [0.1, 0.15) is 11.6 Å². The third-order valence-corrected chi connectivity index (χ3v) is 6.21. The molecule has 5 rings (SSSR count). The molecule has 33 heavy (non-hydrogen) atoms. The van der Waals surface area contributed by atoms with Crippen LogP contribution >= 0.6 is 0 Å². The van der Waals surface area contributed by atoms with E-state index >= 15 is 0 Å². The lowest BCUT2D eigenvalue weighted by atomic mass is 9.95. The molecule has 7 nitrogen and oxygen atoms in total. The molecule has 1 aliphatic heterocycles. The second kappa shape index (κ2) is 8.27. The van der Waals surface area contributed by atoms with E-state index in [9.17, 15) is 22.4 Å². The van der Waals surface area contributed by atoms with Crippen LogP contribution in [0.25, 0.3) is 5.65 Å². The van der Waals surface area contributed by atoms with E-state index in [0.717, 1.165) is 18.4 Å². The van der Waals surface area contributed by atoms with Crippen molar-refractivity contribution in [2.45, 2.75) is 44.4 Å². The zero-order valence-electron chi connectivity index (χ0n) is 17.7. The van der Waals surface area contributed by atoms with Crippen LogP contribution < -0.4 is 4.90 Å². The molecule has 0 bridgehead atoms. The van der Waals surface area contributed by atoms with Crippen molar-refractivity contribution < 1.29 is 22.4 Å². The summed E-state index contributed by atoms with van der Waals surface area (Å²) in [5, 5.41) is 10.8. The van der Waals surface area contributed by atoms with Crippen LogP contribution in [0.5, 0.6) is 0 Å². The number of carbonyl (C=O) groups excluding carboxylic acids is 1. The third-order valence-electron chi connectivity index (χ3n) is 6.21. The maximum atomic E-state index is 13.3. The summed E-state index contributed by atoms with van der Waals surface area (Å²) in [6.07, 6.45) is -1.55. The van der Waals surface area contributed by atoms with Crippen LogP contribution in [-0.4, -0.2) is 49.7 Å². The van der Waals surface area contributed by atoms with Crippen LogP contribution in [-0.2, 0) is 17.5 Å². The van der Waals surface area contributed by atoms with Crippen LogP contribution in [0.3, 0.4) is 0 Å². The van der Waals surface area contributed by atoms with E-state index in [4.69, 9.17) is 0 Å². The topological polar surface area (TPSA) is 66.6 Å². The second-order valence-corrected chi connectivity index (χ2v) is 8.57. The van der Waals surface area contributed by atoms with E-state index in [1.807, 2.05) is 9.80 Å². The molecule has 1 saturated carbocycles. The number of benzene rings is 1. The van der Waals surface area contributed by atoms with Gasteiger partial charge in [-0.2, -0.15) is 17.7 Å². The average molecular weight is 462 g/mol. The van der Waals surface area contributed by atoms with Crippen LogP contribution in [0, 0.1) is 11.7 Å². The van der Waals surface area contributed by atoms with Gasteiger partial charge in [0.15, 0.2) is 5.65 Å². The Balaban J connectivity index is 1.26. The van der Waals surface area contributed by atoms with Crippen molar-refractivity contribution in [1.29, 1.82) is 0 Å². The fourth-order valence-corrected chi connectivity index (χ4v) is 4.27. The zero-order valence-corrected chi connectivity index (χ0v) is 17.7. The number of carbonyl (C=O) groups is 1. The Hall–Kier alpha value is -3.24. The minimum atomic E-state index is -4.65. The number of piperidine rings is 1. The highest BCUT2D eigenvalue weighted by Crippen LogP contribution is 2.33. The van der Waals surface area contributed by atoms with E-state index in [1.165, 1.54) is 18.2 Å². The van der Waals surface area contributed by atoms with Crippen molar-refractivity contribution in [2.75, 3.05) is 18.0 Å². The van der Waals surface area contributed by atoms with E-state index in [2.05, 4.69) is 15.3 Å². The molecule has 2 fully saturated rings. The Morgan fingerprint density at radius 2 is 1.70 bits per heavy atom. The van der Waals surface area contributed by atoms with Crippen molar-refractivity contribution in [3.05, 3.63) is 53.6 Å². The molecule has 0 radical (unpaired) electrons. The quantitative estimate of drug-likeness (QED) is 0.541. The summed E-state index contributed by atoms with van der Waals surface area (Å²) in [5.74, 6) is -1.15. The van der Waals surface area contributed by atoms with Crippen LogP contribution in [0.4, 0.5) is 23.4 Å². The van der Waals surface area contributed by atoms with Gasteiger partial charge in [-0.15, -0.1) is 15.3 Å². The van der Waals surface area contributed by atoms with Gasteiger partial charge in [-0.1, -0.05) is 12.1 Å². The molecule has 11 heteroatoms. The lowest BCUT2D eigenvalue weighted by molar-refractivity contribution is -0.146. The Kier molecular flexibility index (Phi) is 5.41. The number of alkyl halides is 3. The summed E-state index contributed by atoms with van der Waals surface area (Å²) in [6, 6.07) is 9.49. The monoisotopic (exact) mass is 462 g/mol. The van der Waals surface area contributed by atoms with E-state index < -0.39 is 12.0 Å².